The van der Waals surface area contributed by atoms with Crippen LogP contribution in [0.4, 0.5) is 0 Å². The molecule has 0 amide bonds. The number of aromatic nitrogens is 2. The Hall–Kier alpha value is -0.0300. The molecule has 0 spiro atoms. The minimum atomic E-state index is 0.743. The van der Waals surface area contributed by atoms with Gasteiger partial charge in [0.15, 0.2) is 0 Å². The van der Waals surface area contributed by atoms with Gasteiger partial charge in [0.25, 0.3) is 0 Å². The molecule has 0 aliphatic carbocycles. The molecule has 0 unspecified atom stereocenters. The summed E-state index contributed by atoms with van der Waals surface area (Å²) in [5, 5.41) is 4.05. The summed E-state index contributed by atoms with van der Waals surface area (Å²) in [5.74, 6) is 0. The molecule has 0 N–H and O–H groups in total. The molecule has 0 saturated carbocycles. The average Bonchev–Trinajstić information content (AvgIpc) is 2.31. The summed E-state index contributed by atoms with van der Waals surface area (Å²) < 4.78 is 2.96. The van der Waals surface area contributed by atoms with Crippen molar-refractivity contribution in [1.82, 2.24) is 9.78 Å². The molecule has 0 aromatic carbocycles. The molecule has 1 aromatic rings. The van der Waals surface area contributed by atoms with Gasteiger partial charge in [-0.15, -0.1) is 0 Å². The van der Waals surface area contributed by atoms with Crippen LogP contribution in [0.3, 0.4) is 0 Å². The Labute approximate surface area is 78.0 Å². The fourth-order valence-corrected chi connectivity index (χ4v) is 1.11. The molecule has 0 saturated heterocycles. The second kappa shape index (κ2) is 3.98. The van der Waals surface area contributed by atoms with Crippen molar-refractivity contribution in [3.05, 3.63) is 27.6 Å². The van der Waals surface area contributed by atoms with E-state index in [1.165, 1.54) is 5.54 Å². The van der Waals surface area contributed by atoms with Gasteiger partial charge in [-0.25, -0.2) is 0 Å². The summed E-state index contributed by atoms with van der Waals surface area (Å²) in [6, 6.07) is 0. The lowest BCUT2D eigenvalue weighted by Crippen LogP contribution is -1.93. The highest BCUT2D eigenvalue weighted by Gasteiger charge is 1.89. The molecule has 0 fully saturated rings. The SMILES string of the molecule is ClC=CCn1cc(I)cn1. The van der Waals surface area contributed by atoms with Gasteiger partial charge in [0.05, 0.1) is 16.3 Å². The lowest BCUT2D eigenvalue weighted by atomic mass is 10.6. The van der Waals surface area contributed by atoms with E-state index in [-0.39, 0.29) is 0 Å². The Morgan fingerprint density at radius 1 is 1.80 bits per heavy atom. The van der Waals surface area contributed by atoms with Crippen LogP contribution < -0.4 is 0 Å². The van der Waals surface area contributed by atoms with Gasteiger partial charge in [-0.3, -0.25) is 4.68 Å². The maximum absolute atomic E-state index is 5.33. The Bertz CT molecular complexity index is 231. The van der Waals surface area contributed by atoms with E-state index in [0.29, 0.717) is 0 Å². The van der Waals surface area contributed by atoms with Gasteiger partial charge < -0.3 is 0 Å². The van der Waals surface area contributed by atoms with Gasteiger partial charge in [-0.2, -0.15) is 5.10 Å². The van der Waals surface area contributed by atoms with Gasteiger partial charge in [0.1, 0.15) is 0 Å². The minimum absolute atomic E-state index is 0.743. The first-order valence-electron chi connectivity index (χ1n) is 2.76. The molecule has 0 atom stereocenters. The van der Waals surface area contributed by atoms with Gasteiger partial charge in [-0.1, -0.05) is 17.7 Å². The first-order chi connectivity index (χ1) is 4.83. The third kappa shape index (κ3) is 2.30. The standard InChI is InChI=1S/C6H6ClIN2/c7-2-1-3-10-5-6(8)4-9-10/h1-2,4-5H,3H2. The highest BCUT2D eigenvalue weighted by molar-refractivity contribution is 14.1. The Morgan fingerprint density at radius 3 is 3.10 bits per heavy atom. The first-order valence-corrected chi connectivity index (χ1v) is 4.27. The summed E-state index contributed by atoms with van der Waals surface area (Å²) in [5.41, 5.74) is 1.49. The molecule has 1 aromatic heterocycles. The Kier molecular flexibility index (Phi) is 3.21. The number of hydrogen-bond donors (Lipinski definition) is 0. The van der Waals surface area contributed by atoms with E-state index in [4.69, 9.17) is 11.6 Å². The normalized spacial score (nSPS) is 11.0. The van der Waals surface area contributed by atoms with Gasteiger partial charge in [0, 0.05) is 11.7 Å². The van der Waals surface area contributed by atoms with E-state index < -0.39 is 0 Å². The van der Waals surface area contributed by atoms with Crippen LogP contribution in [0, 0.1) is 3.57 Å². The van der Waals surface area contributed by atoms with Gasteiger partial charge in [-0.05, 0) is 22.6 Å². The lowest BCUT2D eigenvalue weighted by molar-refractivity contribution is 0.702. The fraction of sp³-hybridized carbons (Fsp3) is 0.167. The van der Waals surface area contributed by atoms with Crippen molar-refractivity contribution in [2.24, 2.45) is 0 Å². The van der Waals surface area contributed by atoms with Crippen molar-refractivity contribution in [2.45, 2.75) is 6.54 Å². The largest absolute Gasteiger partial charge is 0.268 e. The van der Waals surface area contributed by atoms with Gasteiger partial charge in [0.2, 0.25) is 0 Å². The molecule has 4 heteroatoms. The van der Waals surface area contributed by atoms with Crippen LogP contribution in [0.15, 0.2) is 24.0 Å². The molecule has 1 heterocycles. The predicted octanol–water partition coefficient (Wildman–Crippen LogP) is 2.24. The van der Waals surface area contributed by atoms with Crippen LogP contribution in [-0.2, 0) is 6.54 Å². The summed E-state index contributed by atoms with van der Waals surface area (Å²) in [7, 11) is 0. The molecule has 0 aliphatic heterocycles. The third-order valence-electron chi connectivity index (χ3n) is 0.983. The monoisotopic (exact) mass is 268 g/mol. The summed E-state index contributed by atoms with van der Waals surface area (Å²) in [6.45, 7) is 0.743. The maximum atomic E-state index is 5.33. The first kappa shape index (κ1) is 8.07. The smallest absolute Gasteiger partial charge is 0.0623 e. The van der Waals surface area contributed by atoms with Crippen molar-refractivity contribution >= 4 is 34.2 Å². The highest BCUT2D eigenvalue weighted by atomic mass is 127. The highest BCUT2D eigenvalue weighted by Crippen LogP contribution is 2.00. The summed E-state index contributed by atoms with van der Waals surface area (Å²) in [6.07, 6.45) is 5.60. The number of rotatable bonds is 2. The third-order valence-corrected chi connectivity index (χ3v) is 1.72. The topological polar surface area (TPSA) is 17.8 Å². The van der Waals surface area contributed by atoms with E-state index in [2.05, 4.69) is 27.7 Å². The van der Waals surface area contributed by atoms with E-state index in [0.717, 1.165) is 10.1 Å². The van der Waals surface area contributed by atoms with Crippen LogP contribution in [0.5, 0.6) is 0 Å². The number of halogens is 2. The van der Waals surface area contributed by atoms with Crippen LogP contribution in [0.2, 0.25) is 0 Å². The van der Waals surface area contributed by atoms with E-state index >= 15 is 0 Å². The van der Waals surface area contributed by atoms with Gasteiger partial charge >= 0.3 is 0 Å². The molecule has 0 bridgehead atoms. The van der Waals surface area contributed by atoms with E-state index in [9.17, 15) is 0 Å². The molecule has 0 aliphatic rings. The quantitative estimate of drug-likeness (QED) is 0.752. The zero-order valence-corrected chi connectivity index (χ0v) is 8.08. The molecule has 10 heavy (non-hydrogen) atoms. The Balaban J connectivity index is 2.58. The van der Waals surface area contributed by atoms with Crippen molar-refractivity contribution < 1.29 is 0 Å². The summed E-state index contributed by atoms with van der Waals surface area (Å²) >= 11 is 7.55. The zero-order valence-electron chi connectivity index (χ0n) is 5.17. The zero-order chi connectivity index (χ0) is 7.40. The molecule has 2 nitrogen and oxygen atoms in total. The Morgan fingerprint density at radius 2 is 2.60 bits per heavy atom. The molecule has 1 rings (SSSR count). The van der Waals surface area contributed by atoms with Crippen molar-refractivity contribution in [1.29, 1.82) is 0 Å². The molecule has 54 valence electrons. The van der Waals surface area contributed by atoms with Crippen molar-refractivity contribution in [3.63, 3.8) is 0 Å². The van der Waals surface area contributed by atoms with E-state index in [1.807, 2.05) is 23.2 Å². The molecule has 0 radical (unpaired) electrons. The van der Waals surface area contributed by atoms with Crippen LogP contribution in [0.1, 0.15) is 0 Å². The number of hydrogen-bond acceptors (Lipinski definition) is 1. The van der Waals surface area contributed by atoms with Crippen LogP contribution in [-0.4, -0.2) is 9.78 Å². The average molecular weight is 268 g/mol. The fourth-order valence-electron chi connectivity index (χ4n) is 0.586. The lowest BCUT2D eigenvalue weighted by Gasteiger charge is -1.90. The predicted molar refractivity (Wildman–Crippen MR) is 49.9 cm³/mol. The van der Waals surface area contributed by atoms with Crippen molar-refractivity contribution in [2.75, 3.05) is 0 Å². The van der Waals surface area contributed by atoms with Crippen LogP contribution >= 0.6 is 34.2 Å². The second-order valence-corrected chi connectivity index (χ2v) is 3.24. The van der Waals surface area contributed by atoms with E-state index in [1.54, 1.807) is 0 Å². The second-order valence-electron chi connectivity index (χ2n) is 1.74. The summed E-state index contributed by atoms with van der Waals surface area (Å²) in [4.78, 5) is 0. The van der Waals surface area contributed by atoms with Crippen molar-refractivity contribution in [3.8, 4) is 0 Å². The number of nitrogens with zero attached hydrogens (tertiary/aromatic N) is 2. The van der Waals surface area contributed by atoms with Crippen LogP contribution in [0.25, 0.3) is 0 Å². The maximum Gasteiger partial charge on any atom is 0.0623 e. The number of allylic oxidation sites excluding steroid dienone is 1. The molecular weight excluding hydrogens is 262 g/mol. The minimum Gasteiger partial charge on any atom is -0.268 e. The molecular formula is C6H6ClIN2.